The molecule has 0 spiro atoms. The van der Waals surface area contributed by atoms with Crippen LogP contribution in [0.3, 0.4) is 0 Å². The van der Waals surface area contributed by atoms with Gasteiger partial charge in [-0.25, -0.2) is 8.42 Å². The standard InChI is InChI=1S/C27H48O9S.Na/c1-15(4-7-22(30)16(13-28)14-36-37(33,34)35)19-5-6-20-25-21(12-24(32)27(19,20)3)26(2)9-8-18(29)10-17(26)11-23(25)31;/h15-25,28-32H,4-14H2,1-3H3,(H,33,34,35);/q;+1/p-1/t15-,16?,17?,18-,19-,20?,21?,22?,23-,24?,25?,26+,27-;/m1./s1. The Morgan fingerprint density at radius 2 is 1.71 bits per heavy atom. The topological polar surface area (TPSA) is 168 Å². The minimum absolute atomic E-state index is 0. The van der Waals surface area contributed by atoms with Crippen molar-refractivity contribution in [2.24, 2.45) is 52.3 Å². The minimum atomic E-state index is -4.90. The fourth-order valence-electron chi connectivity index (χ4n) is 9.46. The Hall–Kier alpha value is 0.670. The molecule has 0 aromatic carbocycles. The monoisotopic (exact) mass is 570 g/mol. The fourth-order valence-corrected chi connectivity index (χ4v) is 9.80. The van der Waals surface area contributed by atoms with Crippen molar-refractivity contribution in [3.63, 3.8) is 0 Å². The first-order valence-corrected chi connectivity index (χ1v) is 15.5. The average molecular weight is 571 g/mol. The average Bonchev–Trinajstić information content (AvgIpc) is 3.17. The van der Waals surface area contributed by atoms with E-state index >= 15 is 0 Å². The van der Waals surface area contributed by atoms with Crippen LogP contribution in [0.15, 0.2) is 0 Å². The molecule has 0 saturated heterocycles. The molecule has 0 bridgehead atoms. The van der Waals surface area contributed by atoms with Crippen molar-refractivity contribution in [3.8, 4) is 0 Å². The molecule has 13 atom stereocenters. The van der Waals surface area contributed by atoms with Crippen LogP contribution < -0.4 is 29.6 Å². The molecule has 9 nitrogen and oxygen atoms in total. The first kappa shape index (κ1) is 33.2. The van der Waals surface area contributed by atoms with Gasteiger partial charge in [0, 0.05) is 5.92 Å². The second-order valence-corrected chi connectivity index (χ2v) is 14.3. The molecule has 0 heterocycles. The molecule has 7 unspecified atom stereocenters. The number of aliphatic hydroxyl groups excluding tert-OH is 5. The molecule has 38 heavy (non-hydrogen) atoms. The summed E-state index contributed by atoms with van der Waals surface area (Å²) in [6.07, 6.45) is 4.42. The van der Waals surface area contributed by atoms with Gasteiger partial charge in [0.05, 0.1) is 37.6 Å². The van der Waals surface area contributed by atoms with Crippen LogP contribution in [0.2, 0.25) is 0 Å². The molecule has 216 valence electrons. The van der Waals surface area contributed by atoms with Crippen LogP contribution in [0.25, 0.3) is 0 Å². The quantitative estimate of drug-likeness (QED) is 0.130. The maximum Gasteiger partial charge on any atom is 1.00 e. The van der Waals surface area contributed by atoms with Gasteiger partial charge in [0.25, 0.3) is 0 Å². The zero-order valence-corrected chi connectivity index (χ0v) is 26.2. The zero-order chi connectivity index (χ0) is 27.3. The summed E-state index contributed by atoms with van der Waals surface area (Å²) < 4.78 is 36.5. The second kappa shape index (κ2) is 12.5. The van der Waals surface area contributed by atoms with Gasteiger partial charge in [-0.15, -0.1) is 0 Å². The van der Waals surface area contributed by atoms with E-state index in [1.165, 1.54) is 0 Å². The molecule has 0 aromatic heterocycles. The van der Waals surface area contributed by atoms with Gasteiger partial charge in [-0.05, 0) is 104 Å². The Balaban J connectivity index is 0.00000400. The van der Waals surface area contributed by atoms with Crippen molar-refractivity contribution in [1.82, 2.24) is 0 Å². The van der Waals surface area contributed by atoms with Gasteiger partial charge in [0.15, 0.2) is 0 Å². The Labute approximate surface area is 250 Å². The largest absolute Gasteiger partial charge is 1.00 e. The smallest absolute Gasteiger partial charge is 0.726 e. The van der Waals surface area contributed by atoms with E-state index in [1.807, 2.05) is 0 Å². The summed E-state index contributed by atoms with van der Waals surface area (Å²) in [4.78, 5) is 0. The Kier molecular flexibility index (Phi) is 10.9. The molecule has 4 saturated carbocycles. The number of hydrogen-bond donors (Lipinski definition) is 5. The van der Waals surface area contributed by atoms with Gasteiger partial charge in [0.2, 0.25) is 10.4 Å². The van der Waals surface area contributed by atoms with Crippen molar-refractivity contribution in [2.75, 3.05) is 13.2 Å². The van der Waals surface area contributed by atoms with Crippen molar-refractivity contribution in [1.29, 1.82) is 0 Å². The maximum atomic E-state index is 11.7. The van der Waals surface area contributed by atoms with E-state index < -0.39 is 47.8 Å². The number of rotatable bonds is 9. The third-order valence-electron chi connectivity index (χ3n) is 11.6. The van der Waals surface area contributed by atoms with Crippen LogP contribution in [-0.2, 0) is 14.6 Å². The normalized spacial score (nSPS) is 45.2. The molecule has 5 N–H and O–H groups in total. The van der Waals surface area contributed by atoms with Crippen LogP contribution in [-0.4, -0.2) is 76.1 Å². The predicted octanol–water partition coefficient (Wildman–Crippen LogP) is -1.19. The molecule has 11 heteroatoms. The summed E-state index contributed by atoms with van der Waals surface area (Å²) in [5.74, 6) is 0.355. The summed E-state index contributed by atoms with van der Waals surface area (Å²) in [5, 5.41) is 53.4. The molecular weight excluding hydrogens is 523 g/mol. The van der Waals surface area contributed by atoms with Gasteiger partial charge in [-0.3, -0.25) is 4.18 Å². The van der Waals surface area contributed by atoms with Crippen LogP contribution >= 0.6 is 0 Å². The van der Waals surface area contributed by atoms with Crippen LogP contribution in [0.4, 0.5) is 0 Å². The molecular formula is C27H47NaO9S. The summed E-state index contributed by atoms with van der Waals surface area (Å²) in [6, 6.07) is 0. The summed E-state index contributed by atoms with van der Waals surface area (Å²) >= 11 is 0. The minimum Gasteiger partial charge on any atom is -0.726 e. The van der Waals surface area contributed by atoms with E-state index in [4.69, 9.17) is 0 Å². The van der Waals surface area contributed by atoms with Gasteiger partial charge in [-0.2, -0.15) is 0 Å². The van der Waals surface area contributed by atoms with Crippen molar-refractivity contribution >= 4 is 10.4 Å². The van der Waals surface area contributed by atoms with E-state index in [-0.39, 0.29) is 82.0 Å². The first-order chi connectivity index (χ1) is 17.2. The third-order valence-corrected chi connectivity index (χ3v) is 12.1. The molecule has 0 aliphatic heterocycles. The molecule has 0 radical (unpaired) electrons. The number of aliphatic hydroxyl groups is 5. The van der Waals surface area contributed by atoms with E-state index in [0.29, 0.717) is 25.7 Å². The molecule has 4 rings (SSSR count). The fraction of sp³-hybridized carbons (Fsp3) is 1.00. The summed E-state index contributed by atoms with van der Waals surface area (Å²) in [7, 11) is -4.90. The Bertz CT molecular complexity index is 905. The van der Waals surface area contributed by atoms with E-state index in [1.54, 1.807) is 0 Å². The second-order valence-electron chi connectivity index (χ2n) is 13.3. The number of hydrogen-bond acceptors (Lipinski definition) is 9. The zero-order valence-electron chi connectivity index (χ0n) is 23.4. The third kappa shape index (κ3) is 6.21. The maximum absolute atomic E-state index is 11.7. The van der Waals surface area contributed by atoms with E-state index in [9.17, 15) is 38.5 Å². The van der Waals surface area contributed by atoms with Gasteiger partial charge in [0.1, 0.15) is 0 Å². The van der Waals surface area contributed by atoms with Crippen molar-refractivity contribution < 1.29 is 72.2 Å². The SMILES string of the molecule is C[C@H](CCC(O)C(CO)COS(=O)(=O)[O-])[C@H]1CCC2C3C(CC(O)[C@@]21C)[C@@]1(C)CC[C@@H](O)CC1C[C@H]3O.[Na+]. The van der Waals surface area contributed by atoms with Crippen LogP contribution in [0, 0.1) is 52.3 Å². The van der Waals surface area contributed by atoms with E-state index in [0.717, 1.165) is 32.1 Å². The van der Waals surface area contributed by atoms with Gasteiger partial charge in [-0.1, -0.05) is 20.8 Å². The van der Waals surface area contributed by atoms with Gasteiger partial charge >= 0.3 is 29.6 Å². The number of fused-ring (bicyclic) bond motifs is 5. The summed E-state index contributed by atoms with van der Waals surface area (Å²) in [5.41, 5.74) is -0.321. The first-order valence-electron chi connectivity index (χ1n) is 14.2. The Morgan fingerprint density at radius 3 is 2.34 bits per heavy atom. The molecule has 4 fully saturated rings. The molecule has 4 aliphatic carbocycles. The van der Waals surface area contributed by atoms with Crippen molar-refractivity contribution in [3.05, 3.63) is 0 Å². The van der Waals surface area contributed by atoms with E-state index in [2.05, 4.69) is 25.0 Å². The Morgan fingerprint density at radius 1 is 1.03 bits per heavy atom. The molecule has 0 amide bonds. The molecule has 0 aromatic rings. The van der Waals surface area contributed by atoms with Crippen LogP contribution in [0.1, 0.15) is 78.6 Å². The van der Waals surface area contributed by atoms with Crippen molar-refractivity contribution in [2.45, 2.75) is 103 Å². The molecule has 4 aliphatic rings. The summed E-state index contributed by atoms with van der Waals surface area (Å²) in [6.45, 7) is 5.56. The van der Waals surface area contributed by atoms with Gasteiger partial charge < -0.3 is 30.1 Å². The van der Waals surface area contributed by atoms with Crippen LogP contribution in [0.5, 0.6) is 0 Å². The predicted molar refractivity (Wildman–Crippen MR) is 135 cm³/mol.